The lowest BCUT2D eigenvalue weighted by atomic mass is 9.94. The van der Waals surface area contributed by atoms with Gasteiger partial charge in [0.2, 0.25) is 0 Å². The molecule has 1 amide bonds. The largest absolute Gasteiger partial charge is 0.417 e. The van der Waals surface area contributed by atoms with E-state index in [1.165, 1.54) is 0 Å². The molecule has 3 aromatic rings. The number of alkyl halides is 3. The number of amides is 1. The zero-order valence-corrected chi connectivity index (χ0v) is 18.8. The number of aliphatic hydroxyl groups is 1. The number of carbonyl (C=O) groups excluding carboxylic acids is 1. The maximum absolute atomic E-state index is 13.0. The smallest absolute Gasteiger partial charge is 0.387 e. The molecule has 0 radical (unpaired) electrons. The second-order valence-electron chi connectivity index (χ2n) is 8.75. The Morgan fingerprint density at radius 1 is 1.20 bits per heavy atom. The zero-order chi connectivity index (χ0) is 24.7. The van der Waals surface area contributed by atoms with Gasteiger partial charge in [0, 0.05) is 42.8 Å². The molecule has 4 heterocycles. The van der Waals surface area contributed by atoms with Crippen LogP contribution in [0.3, 0.4) is 0 Å². The average molecular weight is 484 g/mol. The van der Waals surface area contributed by atoms with Crippen LogP contribution < -0.4 is 10.2 Å². The van der Waals surface area contributed by atoms with Crippen LogP contribution in [0.5, 0.6) is 0 Å². The van der Waals surface area contributed by atoms with Gasteiger partial charge in [-0.15, -0.1) is 0 Å². The number of hydrogen-bond donors (Lipinski definition) is 2. The molecule has 0 unspecified atom stereocenters. The molecular formula is C25H23F3N4O3. The quantitative estimate of drug-likeness (QED) is 0.574. The number of rotatable bonds is 3. The lowest BCUT2D eigenvalue weighted by molar-refractivity contribution is -0.137. The minimum absolute atomic E-state index is 0.0797. The van der Waals surface area contributed by atoms with E-state index in [2.05, 4.69) is 20.2 Å². The topological polar surface area (TPSA) is 87.6 Å². The summed E-state index contributed by atoms with van der Waals surface area (Å²) in [5.74, 6) is -0.693. The molecule has 10 heteroatoms. The Hall–Kier alpha value is -3.50. The number of hydrogen-bond acceptors (Lipinski definition) is 6. The Kier molecular flexibility index (Phi) is 5.94. The molecule has 2 aliphatic rings. The monoisotopic (exact) mass is 484 g/mol. The molecule has 5 rings (SSSR count). The Labute approximate surface area is 199 Å². The summed E-state index contributed by atoms with van der Waals surface area (Å²) in [4.78, 5) is 22.9. The van der Waals surface area contributed by atoms with Crippen LogP contribution in [0, 0.1) is 6.92 Å². The SMILES string of the molecule is Cc1ccc(NC(=O)c2cncc(C(F)(F)F)c2)cc1-c1cnc2c(c1)N1CCOC[C@H]1C[C@@H]2O. The summed E-state index contributed by atoms with van der Waals surface area (Å²) in [6, 6.07) is 8.10. The normalized spacial score (nSPS) is 19.6. The van der Waals surface area contributed by atoms with Gasteiger partial charge in [0.05, 0.1) is 41.8 Å². The standard InChI is InChI=1S/C25H23F3N4O3/c1-14-2-3-18(31-24(34)16-6-17(12-29-10-16)25(26,27)28)8-20(14)15-7-21-23(30-11-15)22(33)9-19-13-35-5-4-32(19)21/h2-3,6-8,10-12,19,22,33H,4-5,9,13H2,1H3,(H,31,34)/t19-,22+/m1/s1. The van der Waals surface area contributed by atoms with E-state index in [4.69, 9.17) is 4.74 Å². The number of halogens is 3. The molecule has 1 saturated heterocycles. The second-order valence-corrected chi connectivity index (χ2v) is 8.75. The van der Waals surface area contributed by atoms with Crippen LogP contribution >= 0.6 is 0 Å². The van der Waals surface area contributed by atoms with Gasteiger partial charge in [0.15, 0.2) is 0 Å². The summed E-state index contributed by atoms with van der Waals surface area (Å²) < 4.78 is 44.5. The Morgan fingerprint density at radius 2 is 2.03 bits per heavy atom. The van der Waals surface area contributed by atoms with Crippen LogP contribution in [0.4, 0.5) is 24.5 Å². The fraction of sp³-hybridized carbons (Fsp3) is 0.320. The molecule has 1 aromatic carbocycles. The fourth-order valence-electron chi connectivity index (χ4n) is 4.57. The highest BCUT2D eigenvalue weighted by Gasteiger charge is 2.35. The highest BCUT2D eigenvalue weighted by molar-refractivity contribution is 6.04. The maximum atomic E-state index is 13.0. The molecule has 0 aliphatic carbocycles. The number of aryl methyl sites for hydroxylation is 1. The number of carbonyl (C=O) groups is 1. The average Bonchev–Trinajstić information content (AvgIpc) is 2.84. The number of morpholine rings is 1. The van der Waals surface area contributed by atoms with Crippen molar-refractivity contribution in [3.63, 3.8) is 0 Å². The van der Waals surface area contributed by atoms with Crippen molar-refractivity contribution in [3.8, 4) is 11.1 Å². The van der Waals surface area contributed by atoms with Crippen LogP contribution in [-0.4, -0.2) is 46.8 Å². The van der Waals surface area contributed by atoms with E-state index in [9.17, 15) is 23.1 Å². The van der Waals surface area contributed by atoms with E-state index >= 15 is 0 Å². The number of aromatic nitrogens is 2. The number of fused-ring (bicyclic) bond motifs is 3. The summed E-state index contributed by atoms with van der Waals surface area (Å²) in [6.07, 6.45) is -1.24. The van der Waals surface area contributed by atoms with E-state index in [0.29, 0.717) is 43.8 Å². The van der Waals surface area contributed by atoms with Gasteiger partial charge in [0.25, 0.3) is 5.91 Å². The first-order chi connectivity index (χ1) is 16.7. The molecule has 1 fully saturated rings. The van der Waals surface area contributed by atoms with Gasteiger partial charge < -0.3 is 20.1 Å². The zero-order valence-electron chi connectivity index (χ0n) is 18.8. The van der Waals surface area contributed by atoms with Crippen LogP contribution in [-0.2, 0) is 10.9 Å². The van der Waals surface area contributed by atoms with Crippen LogP contribution in [0.1, 0.15) is 39.7 Å². The molecule has 0 saturated carbocycles. The number of nitrogens with zero attached hydrogens (tertiary/aromatic N) is 3. The molecular weight excluding hydrogens is 461 g/mol. The van der Waals surface area contributed by atoms with Crippen molar-refractivity contribution < 1.29 is 27.8 Å². The molecule has 2 aromatic heterocycles. The summed E-state index contributed by atoms with van der Waals surface area (Å²) in [5.41, 5.74) is 3.28. The minimum Gasteiger partial charge on any atom is -0.387 e. The van der Waals surface area contributed by atoms with Gasteiger partial charge >= 0.3 is 6.18 Å². The molecule has 2 aliphatic heterocycles. The number of nitrogens with one attached hydrogen (secondary N) is 1. The van der Waals surface area contributed by atoms with Gasteiger partial charge in [-0.25, -0.2) is 0 Å². The summed E-state index contributed by atoms with van der Waals surface area (Å²) in [7, 11) is 0. The van der Waals surface area contributed by atoms with Crippen molar-refractivity contribution in [3.05, 3.63) is 71.3 Å². The lowest BCUT2D eigenvalue weighted by Gasteiger charge is -2.43. The second kappa shape index (κ2) is 8.94. The maximum Gasteiger partial charge on any atom is 0.417 e. The Balaban J connectivity index is 1.44. The molecule has 182 valence electrons. The van der Waals surface area contributed by atoms with E-state index in [-0.39, 0.29) is 11.6 Å². The van der Waals surface area contributed by atoms with Gasteiger partial charge in [-0.2, -0.15) is 13.2 Å². The first kappa shape index (κ1) is 23.3. The molecule has 2 N–H and O–H groups in total. The number of pyridine rings is 2. The predicted molar refractivity (Wildman–Crippen MR) is 123 cm³/mol. The van der Waals surface area contributed by atoms with Crippen LogP contribution in [0.2, 0.25) is 0 Å². The predicted octanol–water partition coefficient (Wildman–Crippen LogP) is 4.37. The van der Waals surface area contributed by atoms with Crippen molar-refractivity contribution >= 4 is 17.3 Å². The summed E-state index contributed by atoms with van der Waals surface area (Å²) >= 11 is 0. The van der Waals surface area contributed by atoms with Crippen molar-refractivity contribution in [1.82, 2.24) is 9.97 Å². The first-order valence-corrected chi connectivity index (χ1v) is 11.2. The van der Waals surface area contributed by atoms with Crippen LogP contribution in [0.25, 0.3) is 11.1 Å². The molecule has 2 atom stereocenters. The van der Waals surface area contributed by atoms with Crippen molar-refractivity contribution in [2.75, 3.05) is 30.0 Å². The van der Waals surface area contributed by atoms with E-state index in [1.807, 2.05) is 19.1 Å². The van der Waals surface area contributed by atoms with Crippen molar-refractivity contribution in [2.24, 2.45) is 0 Å². The van der Waals surface area contributed by atoms with Gasteiger partial charge in [-0.3, -0.25) is 14.8 Å². The lowest BCUT2D eigenvalue weighted by Crippen LogP contribution is -2.49. The van der Waals surface area contributed by atoms with Gasteiger partial charge in [0.1, 0.15) is 6.10 Å². The van der Waals surface area contributed by atoms with E-state index < -0.39 is 23.8 Å². The third-order valence-electron chi connectivity index (χ3n) is 6.38. The first-order valence-electron chi connectivity index (χ1n) is 11.2. The van der Waals surface area contributed by atoms with Crippen molar-refractivity contribution in [2.45, 2.75) is 31.7 Å². The molecule has 35 heavy (non-hydrogen) atoms. The number of ether oxygens (including phenoxy) is 1. The number of anilines is 2. The molecule has 0 spiro atoms. The minimum atomic E-state index is -4.59. The number of aliphatic hydroxyl groups excluding tert-OH is 1. The molecule has 0 bridgehead atoms. The third kappa shape index (κ3) is 4.59. The summed E-state index contributed by atoms with van der Waals surface area (Å²) in [6.45, 7) is 3.77. The van der Waals surface area contributed by atoms with E-state index in [0.717, 1.165) is 34.6 Å². The Bertz CT molecular complexity index is 1280. The van der Waals surface area contributed by atoms with Crippen molar-refractivity contribution in [1.29, 1.82) is 0 Å². The van der Waals surface area contributed by atoms with Crippen LogP contribution in [0.15, 0.2) is 48.9 Å². The highest BCUT2D eigenvalue weighted by Crippen LogP contribution is 2.39. The fourth-order valence-corrected chi connectivity index (χ4v) is 4.57. The Morgan fingerprint density at radius 3 is 2.83 bits per heavy atom. The summed E-state index contributed by atoms with van der Waals surface area (Å²) in [5, 5.41) is 13.2. The highest BCUT2D eigenvalue weighted by atomic mass is 19.4. The van der Waals surface area contributed by atoms with Gasteiger partial charge in [-0.05, 0) is 42.3 Å². The van der Waals surface area contributed by atoms with E-state index in [1.54, 1.807) is 18.3 Å². The van der Waals surface area contributed by atoms with Gasteiger partial charge in [-0.1, -0.05) is 6.07 Å². The molecule has 7 nitrogen and oxygen atoms in total. The third-order valence-corrected chi connectivity index (χ3v) is 6.38. The number of benzene rings is 1.